The molecule has 1 unspecified atom stereocenters. The molecule has 0 radical (unpaired) electrons. The van der Waals surface area contributed by atoms with Crippen molar-refractivity contribution in [1.82, 2.24) is 5.32 Å². The van der Waals surface area contributed by atoms with Gasteiger partial charge in [-0.15, -0.1) is 0 Å². The zero-order valence-corrected chi connectivity index (χ0v) is 12.1. The van der Waals surface area contributed by atoms with Gasteiger partial charge in [0.25, 0.3) is 0 Å². The molecule has 0 spiro atoms. The number of nitrogens with two attached hydrogens (primary N) is 1. The van der Waals surface area contributed by atoms with Crippen molar-refractivity contribution in [2.75, 3.05) is 24.2 Å². The number of nitrogen functional groups attached to an aromatic ring is 1. The highest BCUT2D eigenvalue weighted by Crippen LogP contribution is 2.18. The Morgan fingerprint density at radius 2 is 2.16 bits per heavy atom. The first-order valence-corrected chi connectivity index (χ1v) is 6.92. The van der Waals surface area contributed by atoms with E-state index in [1.165, 1.54) is 0 Å². The number of hydrogen-bond acceptors (Lipinski definition) is 3. The van der Waals surface area contributed by atoms with Gasteiger partial charge in [0.15, 0.2) is 0 Å². The zero-order chi connectivity index (χ0) is 14.3. The molecule has 0 aliphatic rings. The molecular formula is C15H25N3O. The van der Waals surface area contributed by atoms with Gasteiger partial charge in [-0.2, -0.15) is 0 Å². The summed E-state index contributed by atoms with van der Waals surface area (Å²) in [6.45, 7) is 4.80. The first-order valence-electron chi connectivity index (χ1n) is 6.92. The van der Waals surface area contributed by atoms with Gasteiger partial charge in [-0.25, -0.2) is 0 Å². The highest BCUT2D eigenvalue weighted by molar-refractivity contribution is 5.84. The fraction of sp³-hybridized carbons (Fsp3) is 0.533. The lowest BCUT2D eigenvalue weighted by atomic mass is 10.2. The minimum absolute atomic E-state index is 0.0565. The van der Waals surface area contributed by atoms with Crippen molar-refractivity contribution in [3.63, 3.8) is 0 Å². The van der Waals surface area contributed by atoms with Crippen LogP contribution >= 0.6 is 0 Å². The third-order valence-corrected chi connectivity index (χ3v) is 3.32. The van der Waals surface area contributed by atoms with Crippen LogP contribution in [-0.2, 0) is 4.79 Å². The topological polar surface area (TPSA) is 58.4 Å². The minimum Gasteiger partial charge on any atom is -0.399 e. The third kappa shape index (κ3) is 4.81. The van der Waals surface area contributed by atoms with E-state index in [1.807, 2.05) is 43.1 Å². The van der Waals surface area contributed by atoms with Crippen LogP contribution in [0.15, 0.2) is 24.3 Å². The van der Waals surface area contributed by atoms with Crippen LogP contribution in [0.4, 0.5) is 11.4 Å². The van der Waals surface area contributed by atoms with Crippen molar-refractivity contribution >= 4 is 17.3 Å². The molecule has 0 aliphatic carbocycles. The maximum absolute atomic E-state index is 12.0. The molecule has 1 aromatic carbocycles. The molecule has 1 amide bonds. The maximum Gasteiger partial charge on any atom is 0.242 e. The lowest BCUT2D eigenvalue weighted by Gasteiger charge is -2.26. The van der Waals surface area contributed by atoms with Crippen molar-refractivity contribution < 1.29 is 4.79 Å². The number of rotatable bonds is 7. The summed E-state index contributed by atoms with van der Waals surface area (Å²) in [6, 6.07) is 7.36. The van der Waals surface area contributed by atoms with Crippen molar-refractivity contribution in [1.29, 1.82) is 0 Å². The monoisotopic (exact) mass is 263 g/mol. The van der Waals surface area contributed by atoms with Crippen molar-refractivity contribution in [3.05, 3.63) is 24.3 Å². The normalized spacial score (nSPS) is 11.9. The molecule has 1 aromatic rings. The lowest BCUT2D eigenvalue weighted by molar-refractivity contribution is -0.122. The number of benzene rings is 1. The first kappa shape index (κ1) is 15.3. The molecule has 4 nitrogen and oxygen atoms in total. The fourth-order valence-electron chi connectivity index (χ4n) is 1.88. The average Bonchev–Trinajstić information content (AvgIpc) is 2.41. The van der Waals surface area contributed by atoms with Crippen molar-refractivity contribution in [3.8, 4) is 0 Å². The van der Waals surface area contributed by atoms with E-state index < -0.39 is 0 Å². The molecule has 0 fully saturated rings. The summed E-state index contributed by atoms with van der Waals surface area (Å²) in [4.78, 5) is 14.0. The van der Waals surface area contributed by atoms with E-state index in [4.69, 9.17) is 5.73 Å². The number of unbranched alkanes of at least 4 members (excludes halogenated alkanes) is 2. The Hall–Kier alpha value is -1.71. The summed E-state index contributed by atoms with van der Waals surface area (Å²) < 4.78 is 0. The zero-order valence-electron chi connectivity index (χ0n) is 12.1. The number of carbonyl (C=O) groups is 1. The van der Waals surface area contributed by atoms with Gasteiger partial charge < -0.3 is 16.0 Å². The Morgan fingerprint density at radius 1 is 1.42 bits per heavy atom. The minimum atomic E-state index is -0.205. The van der Waals surface area contributed by atoms with Gasteiger partial charge >= 0.3 is 0 Å². The van der Waals surface area contributed by atoms with E-state index in [1.54, 1.807) is 0 Å². The summed E-state index contributed by atoms with van der Waals surface area (Å²) in [5.74, 6) is 0.0565. The molecule has 0 aliphatic heterocycles. The molecule has 0 bridgehead atoms. The summed E-state index contributed by atoms with van der Waals surface area (Å²) in [5.41, 5.74) is 7.42. The van der Waals surface area contributed by atoms with Crippen LogP contribution in [-0.4, -0.2) is 25.5 Å². The maximum atomic E-state index is 12.0. The Kier molecular flexibility index (Phi) is 6.19. The number of likely N-dealkylation sites (N-methyl/N-ethyl adjacent to an activating group) is 1. The number of carbonyl (C=O) groups excluding carboxylic acids is 1. The van der Waals surface area contributed by atoms with Gasteiger partial charge in [0.2, 0.25) is 5.91 Å². The fourth-order valence-corrected chi connectivity index (χ4v) is 1.88. The summed E-state index contributed by atoms with van der Waals surface area (Å²) >= 11 is 0. The third-order valence-electron chi connectivity index (χ3n) is 3.32. The van der Waals surface area contributed by atoms with Crippen LogP contribution in [0.1, 0.15) is 33.1 Å². The number of hydrogen-bond donors (Lipinski definition) is 2. The molecule has 1 rings (SSSR count). The summed E-state index contributed by atoms with van der Waals surface area (Å²) in [5, 5.41) is 2.97. The Bertz CT molecular complexity index is 406. The second kappa shape index (κ2) is 7.67. The van der Waals surface area contributed by atoms with Crippen molar-refractivity contribution in [2.45, 2.75) is 39.2 Å². The van der Waals surface area contributed by atoms with E-state index in [2.05, 4.69) is 12.2 Å². The van der Waals surface area contributed by atoms with E-state index in [-0.39, 0.29) is 11.9 Å². The smallest absolute Gasteiger partial charge is 0.242 e. The molecule has 3 N–H and O–H groups in total. The van der Waals surface area contributed by atoms with Crippen molar-refractivity contribution in [2.24, 2.45) is 0 Å². The van der Waals surface area contributed by atoms with Crippen LogP contribution in [0.25, 0.3) is 0 Å². The predicted molar refractivity (Wildman–Crippen MR) is 81.3 cm³/mol. The highest BCUT2D eigenvalue weighted by Gasteiger charge is 2.17. The molecule has 0 saturated carbocycles. The average molecular weight is 263 g/mol. The first-order chi connectivity index (χ1) is 9.06. The van der Waals surface area contributed by atoms with Crippen LogP contribution in [0, 0.1) is 0 Å². The molecule has 4 heteroatoms. The second-order valence-corrected chi connectivity index (χ2v) is 4.88. The highest BCUT2D eigenvalue weighted by atomic mass is 16.2. The molecule has 0 aromatic heterocycles. The molecule has 19 heavy (non-hydrogen) atoms. The van der Waals surface area contributed by atoms with E-state index in [0.717, 1.165) is 31.5 Å². The van der Waals surface area contributed by atoms with Crippen LogP contribution in [0.2, 0.25) is 0 Å². The Balaban J connectivity index is 2.51. The quantitative estimate of drug-likeness (QED) is 0.586. The Labute approximate surface area is 116 Å². The second-order valence-electron chi connectivity index (χ2n) is 4.88. The van der Waals surface area contributed by atoms with Crippen LogP contribution in [0.5, 0.6) is 0 Å². The number of anilines is 2. The molecular weight excluding hydrogens is 238 g/mol. The number of amides is 1. The van der Waals surface area contributed by atoms with Gasteiger partial charge in [0.05, 0.1) is 0 Å². The Morgan fingerprint density at radius 3 is 2.79 bits per heavy atom. The molecule has 0 heterocycles. The molecule has 106 valence electrons. The number of nitrogens with zero attached hydrogens (tertiary/aromatic N) is 1. The largest absolute Gasteiger partial charge is 0.399 e. The van der Waals surface area contributed by atoms with E-state index >= 15 is 0 Å². The molecule has 0 saturated heterocycles. The van der Waals surface area contributed by atoms with Gasteiger partial charge in [-0.3, -0.25) is 4.79 Å². The lowest BCUT2D eigenvalue weighted by Crippen LogP contribution is -2.43. The number of nitrogens with one attached hydrogen (secondary N) is 1. The van der Waals surface area contributed by atoms with E-state index in [0.29, 0.717) is 5.69 Å². The van der Waals surface area contributed by atoms with Gasteiger partial charge in [0, 0.05) is 25.0 Å². The standard InChI is InChI=1S/C15H25N3O/c1-4-5-6-10-17-15(19)12(2)18(3)14-9-7-8-13(16)11-14/h7-9,11-12H,4-6,10,16H2,1-3H3,(H,17,19). The van der Waals surface area contributed by atoms with E-state index in [9.17, 15) is 4.79 Å². The summed E-state index contributed by atoms with van der Waals surface area (Å²) in [7, 11) is 1.91. The van der Waals surface area contributed by atoms with Gasteiger partial charge in [-0.05, 0) is 31.5 Å². The van der Waals surface area contributed by atoms with Crippen LogP contribution in [0.3, 0.4) is 0 Å². The predicted octanol–water partition coefficient (Wildman–Crippen LogP) is 2.40. The van der Waals surface area contributed by atoms with Crippen LogP contribution < -0.4 is 16.0 Å². The SMILES string of the molecule is CCCCCNC(=O)C(C)N(C)c1cccc(N)c1. The summed E-state index contributed by atoms with van der Waals surface area (Å²) in [6.07, 6.45) is 3.35. The molecule has 1 atom stereocenters. The van der Waals surface area contributed by atoms with Gasteiger partial charge in [-0.1, -0.05) is 25.8 Å². The van der Waals surface area contributed by atoms with Gasteiger partial charge in [0.1, 0.15) is 6.04 Å².